The van der Waals surface area contributed by atoms with Crippen LogP contribution >= 0.6 is 32.6 Å². The molecule has 15 heteroatoms. The summed E-state index contributed by atoms with van der Waals surface area (Å²) in [5.41, 5.74) is 5.82. The van der Waals surface area contributed by atoms with Crippen molar-refractivity contribution in [2.24, 2.45) is 5.73 Å². The number of imide groups is 1. The molecule has 1 heterocycles. The molecule has 4 rings (SSSR count). The van der Waals surface area contributed by atoms with Gasteiger partial charge in [0.2, 0.25) is 0 Å². The number of carbonyl (C=O) groups excluding carboxylic acids is 6. The van der Waals surface area contributed by atoms with Crippen LogP contribution in [0.4, 0.5) is 0 Å². The number of halogens is 1. The van der Waals surface area contributed by atoms with E-state index in [9.17, 15) is 28.8 Å². The third-order valence-electron chi connectivity index (χ3n) is 9.40. The van der Waals surface area contributed by atoms with Crippen molar-refractivity contribution in [1.82, 2.24) is 15.5 Å². The van der Waals surface area contributed by atoms with E-state index < -0.39 is 52.9 Å². The molecule has 3 aromatic carbocycles. The Hall–Kier alpha value is -4.10. The Bertz CT molecular complexity index is 1690. The zero-order valence-corrected chi connectivity index (χ0v) is 34.5. The Balaban J connectivity index is 1.42. The summed E-state index contributed by atoms with van der Waals surface area (Å²) in [4.78, 5) is 77.8. The van der Waals surface area contributed by atoms with E-state index in [1.807, 2.05) is 54.6 Å². The van der Waals surface area contributed by atoms with Gasteiger partial charge >= 0.3 is 254 Å². The number of rotatable bonds is 21. The van der Waals surface area contributed by atoms with Crippen molar-refractivity contribution in [3.63, 3.8) is 0 Å². The standard InChI is InChI=1S/C40H50BrN4O8PS/c1-3-52-37(48)27-43-38(49)33(44-35(46)23-22-32(42)40(51)53-4-2)28-55-34-26-36(47)45(39(34)50)24-14-15-25-54(41,29-16-8-5-9-17-29,30-18-10-6-11-19-30)31-20-12-7-13-21-31/h5-13,16-21,32-34H,3-4,14-15,22-28,42H2,1-2H3,(H,43,49)(H,44,46)/t32-,33-,34?/m0/s1. The Labute approximate surface area is 334 Å². The number of thioether (sulfide) groups is 1. The van der Waals surface area contributed by atoms with Crippen LogP contribution in [0, 0.1) is 0 Å². The van der Waals surface area contributed by atoms with Crippen molar-refractivity contribution in [1.29, 1.82) is 0 Å². The number of ether oxygens (including phenoxy) is 2. The van der Waals surface area contributed by atoms with Crippen LogP contribution < -0.4 is 32.3 Å². The van der Waals surface area contributed by atoms with Crippen molar-refractivity contribution in [2.45, 2.75) is 63.3 Å². The molecule has 0 aliphatic carbocycles. The van der Waals surface area contributed by atoms with E-state index >= 15 is 0 Å². The number of nitrogens with one attached hydrogen (secondary N) is 2. The Morgan fingerprint density at radius 2 is 1.42 bits per heavy atom. The van der Waals surface area contributed by atoms with E-state index in [2.05, 4.69) is 62.5 Å². The van der Waals surface area contributed by atoms with Crippen LogP contribution in [0.3, 0.4) is 0 Å². The molecule has 1 aliphatic rings. The minimum atomic E-state index is -3.17. The normalized spacial score (nSPS) is 16.0. The van der Waals surface area contributed by atoms with Gasteiger partial charge in [0.25, 0.3) is 0 Å². The predicted octanol–water partition coefficient (Wildman–Crippen LogP) is 3.30. The summed E-state index contributed by atoms with van der Waals surface area (Å²) >= 11 is 5.54. The minimum absolute atomic E-state index is 0.0134. The van der Waals surface area contributed by atoms with Crippen LogP contribution in [-0.4, -0.2) is 96.0 Å². The maximum absolute atomic E-state index is 13.6. The van der Waals surface area contributed by atoms with Gasteiger partial charge in [0, 0.05) is 6.42 Å². The molecule has 12 nitrogen and oxygen atoms in total. The first-order valence-corrected chi connectivity index (χ1v) is 23.9. The second kappa shape index (κ2) is 20.7. The molecule has 1 unspecified atom stereocenters. The molecule has 4 amide bonds. The molecule has 1 fully saturated rings. The molecule has 0 aromatic heterocycles. The number of carbonyl (C=O) groups is 6. The van der Waals surface area contributed by atoms with Gasteiger partial charge in [0.15, 0.2) is 0 Å². The number of nitrogens with two attached hydrogens (primary N) is 1. The van der Waals surface area contributed by atoms with Crippen molar-refractivity contribution in [2.75, 3.05) is 38.2 Å². The van der Waals surface area contributed by atoms with Crippen molar-refractivity contribution in [3.05, 3.63) is 91.0 Å². The van der Waals surface area contributed by atoms with Crippen LogP contribution in [-0.2, 0) is 38.2 Å². The van der Waals surface area contributed by atoms with Crippen LogP contribution in [0.2, 0.25) is 0 Å². The van der Waals surface area contributed by atoms with Crippen LogP contribution in [0.15, 0.2) is 91.0 Å². The van der Waals surface area contributed by atoms with Gasteiger partial charge in [-0.05, 0) is 20.3 Å². The molecule has 0 saturated carbocycles. The number of hydrogen-bond acceptors (Lipinski definition) is 10. The maximum atomic E-state index is 13.6. The Kier molecular flexibility index (Phi) is 16.4. The summed E-state index contributed by atoms with van der Waals surface area (Å²) in [7, 11) is 0. The molecule has 1 aliphatic heterocycles. The quantitative estimate of drug-likeness (QED) is 0.0625. The first-order chi connectivity index (χ1) is 26.4. The number of esters is 2. The zero-order chi connectivity index (χ0) is 39.9. The molecular formula is C40H50BrN4O8PS. The zero-order valence-electron chi connectivity index (χ0n) is 31.2. The molecule has 0 bridgehead atoms. The molecular weight excluding hydrogens is 807 g/mol. The third-order valence-corrected chi connectivity index (χ3v) is 20.7. The molecule has 1 saturated heterocycles. The minimum Gasteiger partial charge on any atom is -0.465 e. The number of benzene rings is 3. The fraction of sp³-hybridized carbons (Fsp3) is 0.400. The summed E-state index contributed by atoms with van der Waals surface area (Å²) in [6, 6.07) is 29.1. The number of nitrogens with zero attached hydrogens (tertiary/aromatic N) is 1. The summed E-state index contributed by atoms with van der Waals surface area (Å²) in [5, 5.41) is 4.71. The number of hydrogen-bond donors (Lipinski definition) is 3. The van der Waals surface area contributed by atoms with E-state index in [-0.39, 0.29) is 56.6 Å². The van der Waals surface area contributed by atoms with Crippen LogP contribution in [0.25, 0.3) is 0 Å². The van der Waals surface area contributed by atoms with Crippen molar-refractivity contribution in [3.8, 4) is 0 Å². The smallest absolute Gasteiger partial charge is 0.465 e. The van der Waals surface area contributed by atoms with E-state index in [1.54, 1.807) is 13.8 Å². The summed E-state index contributed by atoms with van der Waals surface area (Å²) < 4.78 is 9.77. The first kappa shape index (κ1) is 43.6. The Morgan fingerprint density at radius 1 is 0.873 bits per heavy atom. The van der Waals surface area contributed by atoms with Gasteiger partial charge in [0.05, 0.1) is 13.2 Å². The number of amides is 4. The molecule has 0 radical (unpaired) electrons. The monoisotopic (exact) mass is 856 g/mol. The van der Waals surface area contributed by atoms with Crippen LogP contribution in [0.5, 0.6) is 0 Å². The van der Waals surface area contributed by atoms with Gasteiger partial charge in [-0.2, -0.15) is 0 Å². The van der Waals surface area contributed by atoms with Gasteiger partial charge in [-0.1, -0.05) is 0 Å². The van der Waals surface area contributed by atoms with Gasteiger partial charge in [0.1, 0.15) is 12.6 Å². The van der Waals surface area contributed by atoms with Gasteiger partial charge in [-0.25, -0.2) is 0 Å². The number of unbranched alkanes of at least 4 members (excludes halogenated alkanes) is 1. The fourth-order valence-electron chi connectivity index (χ4n) is 6.56. The second-order valence-corrected chi connectivity index (χ2v) is 23.4. The second-order valence-electron chi connectivity index (χ2n) is 13.1. The number of likely N-dealkylation sites (tertiary alicyclic amines) is 1. The molecule has 3 aromatic rings. The molecule has 4 N–H and O–H groups in total. The first-order valence-electron chi connectivity index (χ1n) is 18.4. The SMILES string of the molecule is CCOC(=O)CNC(=O)[C@H](CSC1CC(=O)N(CCCCP(Br)(c2ccccc2)(c2ccccc2)c2ccccc2)C1=O)NC(=O)CC[C@H](N)C(=O)OCC. The van der Waals surface area contributed by atoms with Gasteiger partial charge in [-0.3, -0.25) is 14.4 Å². The Morgan fingerprint density at radius 3 is 1.95 bits per heavy atom. The third kappa shape index (κ3) is 11.0. The summed E-state index contributed by atoms with van der Waals surface area (Å²) in [6.07, 6.45) is 1.82. The average Bonchev–Trinajstić information content (AvgIpc) is 3.47. The van der Waals surface area contributed by atoms with Crippen molar-refractivity contribution < 1.29 is 38.2 Å². The molecule has 0 spiro atoms. The predicted molar refractivity (Wildman–Crippen MR) is 221 cm³/mol. The van der Waals surface area contributed by atoms with E-state index in [0.29, 0.717) is 12.8 Å². The van der Waals surface area contributed by atoms with Gasteiger partial charge in [-0.15, -0.1) is 0 Å². The average molecular weight is 858 g/mol. The molecule has 296 valence electrons. The molecule has 55 heavy (non-hydrogen) atoms. The fourth-order valence-corrected chi connectivity index (χ4v) is 15.5. The van der Waals surface area contributed by atoms with Crippen molar-refractivity contribution >= 4 is 84.0 Å². The topological polar surface area (TPSA) is 174 Å². The summed E-state index contributed by atoms with van der Waals surface area (Å²) in [6.45, 7) is 3.39. The van der Waals surface area contributed by atoms with E-state index in [4.69, 9.17) is 15.2 Å². The van der Waals surface area contributed by atoms with E-state index in [1.165, 1.54) is 20.8 Å². The summed E-state index contributed by atoms with van der Waals surface area (Å²) in [5.74, 6) is -3.21. The van der Waals surface area contributed by atoms with Crippen LogP contribution in [0.1, 0.15) is 46.0 Å². The van der Waals surface area contributed by atoms with E-state index in [0.717, 1.165) is 17.9 Å². The van der Waals surface area contributed by atoms with Gasteiger partial charge < -0.3 is 15.2 Å². The molecule has 3 atom stereocenters.